The van der Waals surface area contributed by atoms with Gasteiger partial charge in [-0.05, 0) is 6.92 Å². The number of aromatic nitrogens is 1. The van der Waals surface area contributed by atoms with Crippen LogP contribution in [0.3, 0.4) is 0 Å². The van der Waals surface area contributed by atoms with Gasteiger partial charge >= 0.3 is 0 Å². The van der Waals surface area contributed by atoms with Gasteiger partial charge in [0.2, 0.25) is 0 Å². The molecule has 1 atom stereocenters. The molecule has 1 heterocycles. The maximum Gasteiger partial charge on any atom is 0.196 e. The van der Waals surface area contributed by atoms with Crippen molar-refractivity contribution in [1.82, 2.24) is 4.98 Å². The fourth-order valence-corrected chi connectivity index (χ4v) is 0.478. The molecule has 0 saturated heterocycles. The van der Waals surface area contributed by atoms with Crippen LogP contribution in [0.2, 0.25) is 0 Å². The first-order valence-corrected chi connectivity index (χ1v) is 2.53. The van der Waals surface area contributed by atoms with Gasteiger partial charge in [-0.25, -0.2) is 4.98 Å². The normalized spacial score (nSPS) is 10.4. The average molecular weight is 110 g/mol. The van der Waals surface area contributed by atoms with Crippen LogP contribution in [0.4, 0.5) is 0 Å². The summed E-state index contributed by atoms with van der Waals surface area (Å²) < 4.78 is 4.92. The zero-order valence-electron chi connectivity index (χ0n) is 4.79. The van der Waals surface area contributed by atoms with Gasteiger partial charge in [0.1, 0.15) is 6.26 Å². The summed E-state index contributed by atoms with van der Waals surface area (Å²) in [6.07, 6.45) is 3.17. The summed E-state index contributed by atoms with van der Waals surface area (Å²) in [5, 5.41) is 0. The minimum atomic E-state index is 0.157. The van der Waals surface area contributed by atoms with Crippen molar-refractivity contribution in [2.24, 2.45) is 0 Å². The Bertz CT molecular complexity index is 144. The van der Waals surface area contributed by atoms with Crippen molar-refractivity contribution in [2.75, 3.05) is 0 Å². The molecule has 0 bridgehead atoms. The van der Waals surface area contributed by atoms with E-state index in [9.17, 15) is 0 Å². The Balaban J connectivity index is 2.77. The van der Waals surface area contributed by atoms with Crippen LogP contribution in [0.15, 0.2) is 16.9 Å². The van der Waals surface area contributed by atoms with Crippen LogP contribution in [-0.4, -0.2) is 4.98 Å². The lowest BCUT2D eigenvalue weighted by molar-refractivity contribution is 0.483. The Hall–Kier alpha value is -0.790. The van der Waals surface area contributed by atoms with Gasteiger partial charge in [-0.2, -0.15) is 0 Å². The minimum Gasteiger partial charge on any atom is -0.449 e. The van der Waals surface area contributed by atoms with E-state index in [-0.39, 0.29) is 5.92 Å². The fraction of sp³-hybridized carbons (Fsp3) is 0.333. The Morgan fingerprint density at radius 2 is 2.62 bits per heavy atom. The first kappa shape index (κ1) is 5.35. The monoisotopic (exact) mass is 110 g/mol. The first-order valence-electron chi connectivity index (χ1n) is 2.53. The van der Waals surface area contributed by atoms with E-state index in [4.69, 9.17) is 4.42 Å². The Morgan fingerprint density at radius 1 is 1.88 bits per heavy atom. The van der Waals surface area contributed by atoms with E-state index >= 15 is 0 Å². The van der Waals surface area contributed by atoms with Gasteiger partial charge in [0.05, 0.1) is 6.20 Å². The number of oxazole rings is 1. The molecule has 1 aromatic heterocycles. The molecule has 1 aromatic rings. The van der Waals surface area contributed by atoms with Gasteiger partial charge in [0, 0.05) is 5.92 Å². The largest absolute Gasteiger partial charge is 0.449 e. The molecule has 0 N–H and O–H groups in total. The topological polar surface area (TPSA) is 26.0 Å². The van der Waals surface area contributed by atoms with Gasteiger partial charge in [-0.1, -0.05) is 6.92 Å². The molecule has 8 heavy (non-hydrogen) atoms. The first-order chi connectivity index (χ1) is 3.80. The lowest BCUT2D eigenvalue weighted by Crippen LogP contribution is -1.84. The smallest absolute Gasteiger partial charge is 0.196 e. The summed E-state index contributed by atoms with van der Waals surface area (Å²) >= 11 is 0. The third kappa shape index (κ3) is 0.886. The molecule has 1 unspecified atom stereocenters. The molecule has 2 heteroatoms. The van der Waals surface area contributed by atoms with Crippen molar-refractivity contribution in [3.63, 3.8) is 0 Å². The third-order valence-corrected chi connectivity index (χ3v) is 0.873. The standard InChI is InChI=1S/C6H8NO/c1-5(2)6-7-3-4-8-6/h3-5H,1H2,2H3. The highest BCUT2D eigenvalue weighted by Gasteiger charge is 2.00. The highest BCUT2D eigenvalue weighted by molar-refractivity contribution is 4.89. The van der Waals surface area contributed by atoms with E-state index in [0.29, 0.717) is 5.89 Å². The van der Waals surface area contributed by atoms with Gasteiger partial charge in [-0.3, -0.25) is 0 Å². The van der Waals surface area contributed by atoms with Crippen molar-refractivity contribution >= 4 is 0 Å². The summed E-state index contributed by atoms with van der Waals surface area (Å²) in [4.78, 5) is 3.89. The second-order valence-electron chi connectivity index (χ2n) is 1.77. The van der Waals surface area contributed by atoms with Crippen LogP contribution >= 0.6 is 0 Å². The van der Waals surface area contributed by atoms with Crippen LogP contribution < -0.4 is 0 Å². The predicted molar refractivity (Wildman–Crippen MR) is 30.3 cm³/mol. The molecule has 2 nitrogen and oxygen atoms in total. The zero-order valence-corrected chi connectivity index (χ0v) is 4.79. The van der Waals surface area contributed by atoms with Gasteiger partial charge in [0.15, 0.2) is 5.89 Å². The molecule has 0 saturated carbocycles. The number of rotatable bonds is 1. The molecular formula is C6H8NO. The van der Waals surface area contributed by atoms with Crippen LogP contribution in [0, 0.1) is 6.92 Å². The van der Waals surface area contributed by atoms with E-state index in [1.165, 1.54) is 0 Å². The Morgan fingerprint density at radius 3 is 2.88 bits per heavy atom. The van der Waals surface area contributed by atoms with E-state index in [1.807, 2.05) is 6.92 Å². The van der Waals surface area contributed by atoms with Gasteiger partial charge in [0.25, 0.3) is 0 Å². The second-order valence-corrected chi connectivity index (χ2v) is 1.77. The maximum atomic E-state index is 4.92. The van der Waals surface area contributed by atoms with Crippen molar-refractivity contribution in [1.29, 1.82) is 0 Å². The lowest BCUT2D eigenvalue weighted by atomic mass is 10.2. The van der Waals surface area contributed by atoms with Crippen molar-refractivity contribution in [2.45, 2.75) is 12.8 Å². The highest BCUT2D eigenvalue weighted by atomic mass is 16.3. The fourth-order valence-electron chi connectivity index (χ4n) is 0.478. The van der Waals surface area contributed by atoms with E-state index in [2.05, 4.69) is 11.9 Å². The van der Waals surface area contributed by atoms with Crippen molar-refractivity contribution in [3.8, 4) is 0 Å². The molecule has 1 rings (SSSR count). The average Bonchev–Trinajstić information content (AvgIpc) is 2.12. The van der Waals surface area contributed by atoms with Gasteiger partial charge in [-0.15, -0.1) is 0 Å². The van der Waals surface area contributed by atoms with E-state index in [0.717, 1.165) is 0 Å². The molecular weight excluding hydrogens is 102 g/mol. The molecule has 0 amide bonds. The second kappa shape index (κ2) is 1.99. The molecule has 0 aliphatic carbocycles. The molecule has 1 radical (unpaired) electrons. The third-order valence-electron chi connectivity index (χ3n) is 0.873. The summed E-state index contributed by atoms with van der Waals surface area (Å²) in [5.74, 6) is 0.856. The zero-order chi connectivity index (χ0) is 5.98. The minimum absolute atomic E-state index is 0.157. The van der Waals surface area contributed by atoms with Gasteiger partial charge < -0.3 is 4.42 Å². The molecule has 0 spiro atoms. The lowest BCUT2D eigenvalue weighted by Gasteiger charge is -1.92. The molecule has 43 valence electrons. The molecule has 0 aromatic carbocycles. The summed E-state index contributed by atoms with van der Waals surface area (Å²) in [7, 11) is 0. The van der Waals surface area contributed by atoms with E-state index in [1.54, 1.807) is 12.5 Å². The number of hydrogen-bond donors (Lipinski definition) is 0. The Labute approximate surface area is 48.5 Å². The van der Waals surface area contributed by atoms with Crippen molar-refractivity contribution < 1.29 is 4.42 Å². The summed E-state index contributed by atoms with van der Waals surface area (Å²) in [6, 6.07) is 0. The predicted octanol–water partition coefficient (Wildman–Crippen LogP) is 1.61. The summed E-state index contributed by atoms with van der Waals surface area (Å²) in [5.41, 5.74) is 0. The van der Waals surface area contributed by atoms with E-state index < -0.39 is 0 Å². The number of nitrogens with zero attached hydrogens (tertiary/aromatic N) is 1. The van der Waals surface area contributed by atoms with Crippen LogP contribution in [0.1, 0.15) is 18.7 Å². The maximum absolute atomic E-state index is 4.92. The summed E-state index contributed by atoms with van der Waals surface area (Å²) in [6.45, 7) is 5.66. The SMILES string of the molecule is [CH2]C(C)c1ncco1. The Kier molecular flexibility index (Phi) is 1.33. The van der Waals surface area contributed by atoms with Crippen LogP contribution in [-0.2, 0) is 0 Å². The highest BCUT2D eigenvalue weighted by Crippen LogP contribution is 2.08. The molecule has 0 fully saturated rings. The van der Waals surface area contributed by atoms with Crippen LogP contribution in [0.5, 0.6) is 0 Å². The number of hydrogen-bond acceptors (Lipinski definition) is 2. The van der Waals surface area contributed by atoms with Crippen LogP contribution in [0.25, 0.3) is 0 Å². The van der Waals surface area contributed by atoms with Crippen molar-refractivity contribution in [3.05, 3.63) is 25.3 Å². The molecule has 0 aliphatic heterocycles. The quantitative estimate of drug-likeness (QED) is 0.549. The molecule has 0 aliphatic rings.